The fourth-order valence-corrected chi connectivity index (χ4v) is 3.25. The summed E-state index contributed by atoms with van der Waals surface area (Å²) in [7, 11) is 0. The van der Waals surface area contributed by atoms with Crippen LogP contribution in [0.1, 0.15) is 17.2 Å². The van der Waals surface area contributed by atoms with Crippen molar-refractivity contribution in [3.8, 4) is 0 Å². The number of carbonyl (C=O) groups excluding carboxylic acids is 2. The SMILES string of the molecule is O=C1C(=O)N(CCNCCO)[C@H](c2ccccc2)C1=C(O)c1ccccc1. The normalized spacial score (nSPS) is 18.9. The summed E-state index contributed by atoms with van der Waals surface area (Å²) in [4.78, 5) is 26.9. The van der Waals surface area contributed by atoms with Crippen LogP contribution in [0, 0.1) is 0 Å². The van der Waals surface area contributed by atoms with Gasteiger partial charge < -0.3 is 20.4 Å². The summed E-state index contributed by atoms with van der Waals surface area (Å²) >= 11 is 0. The summed E-state index contributed by atoms with van der Waals surface area (Å²) in [6.45, 7) is 1.12. The van der Waals surface area contributed by atoms with Gasteiger partial charge in [-0.05, 0) is 5.56 Å². The number of nitrogens with zero attached hydrogens (tertiary/aromatic N) is 1. The predicted octanol–water partition coefficient (Wildman–Crippen LogP) is 1.69. The van der Waals surface area contributed by atoms with Gasteiger partial charge in [0, 0.05) is 25.2 Å². The first-order chi connectivity index (χ1) is 13.1. The lowest BCUT2D eigenvalue weighted by Crippen LogP contribution is -2.36. The number of rotatable bonds is 7. The number of amides is 1. The van der Waals surface area contributed by atoms with Crippen molar-refractivity contribution in [2.75, 3.05) is 26.2 Å². The highest BCUT2D eigenvalue weighted by Gasteiger charge is 2.45. The molecule has 2 aromatic carbocycles. The highest BCUT2D eigenvalue weighted by atomic mass is 16.3. The Morgan fingerprint density at radius 3 is 2.22 bits per heavy atom. The first-order valence-corrected chi connectivity index (χ1v) is 8.85. The first-order valence-electron chi connectivity index (χ1n) is 8.85. The average molecular weight is 366 g/mol. The molecule has 1 aliphatic heterocycles. The van der Waals surface area contributed by atoms with E-state index in [1.165, 1.54) is 4.90 Å². The largest absolute Gasteiger partial charge is 0.507 e. The fourth-order valence-electron chi connectivity index (χ4n) is 3.25. The lowest BCUT2D eigenvalue weighted by Gasteiger charge is -2.25. The Labute approximate surface area is 157 Å². The summed E-state index contributed by atoms with van der Waals surface area (Å²) in [5.41, 5.74) is 1.35. The lowest BCUT2D eigenvalue weighted by molar-refractivity contribution is -0.139. The molecule has 1 atom stereocenters. The monoisotopic (exact) mass is 366 g/mol. The van der Waals surface area contributed by atoms with Gasteiger partial charge in [0.05, 0.1) is 18.2 Å². The Morgan fingerprint density at radius 1 is 0.963 bits per heavy atom. The van der Waals surface area contributed by atoms with Crippen LogP contribution in [0.5, 0.6) is 0 Å². The van der Waals surface area contributed by atoms with Gasteiger partial charge in [-0.15, -0.1) is 0 Å². The zero-order chi connectivity index (χ0) is 19.2. The van der Waals surface area contributed by atoms with Crippen molar-refractivity contribution in [1.82, 2.24) is 10.2 Å². The van der Waals surface area contributed by atoms with E-state index in [0.29, 0.717) is 18.7 Å². The van der Waals surface area contributed by atoms with Crippen LogP contribution >= 0.6 is 0 Å². The van der Waals surface area contributed by atoms with Crippen molar-refractivity contribution in [2.24, 2.45) is 0 Å². The van der Waals surface area contributed by atoms with E-state index in [4.69, 9.17) is 5.11 Å². The maximum Gasteiger partial charge on any atom is 0.295 e. The second kappa shape index (κ2) is 8.62. The standard InChI is InChI=1S/C21H22N2O4/c24-14-12-22-11-13-23-18(15-7-3-1-4-8-15)17(20(26)21(23)27)19(25)16-9-5-2-6-10-16/h1-10,18,22,24-25H,11-14H2/t18-/m1/s1. The van der Waals surface area contributed by atoms with Crippen molar-refractivity contribution in [3.63, 3.8) is 0 Å². The number of Topliss-reactive ketones (excluding diaryl/α,β-unsaturated/α-hetero) is 1. The Hall–Kier alpha value is -2.96. The second-order valence-electron chi connectivity index (χ2n) is 6.24. The minimum atomic E-state index is -0.688. The molecule has 140 valence electrons. The van der Waals surface area contributed by atoms with E-state index >= 15 is 0 Å². The minimum Gasteiger partial charge on any atom is -0.507 e. The molecule has 1 fully saturated rings. The van der Waals surface area contributed by atoms with Crippen molar-refractivity contribution in [3.05, 3.63) is 77.4 Å². The summed E-state index contributed by atoms with van der Waals surface area (Å²) in [6, 6.07) is 17.3. The van der Waals surface area contributed by atoms with Crippen molar-refractivity contribution < 1.29 is 19.8 Å². The van der Waals surface area contributed by atoms with Crippen LogP contribution in [0.15, 0.2) is 66.2 Å². The van der Waals surface area contributed by atoms with E-state index < -0.39 is 17.7 Å². The zero-order valence-electron chi connectivity index (χ0n) is 14.8. The fraction of sp³-hybridized carbons (Fsp3) is 0.238. The highest BCUT2D eigenvalue weighted by molar-refractivity contribution is 6.46. The number of carbonyl (C=O) groups is 2. The van der Waals surface area contributed by atoms with Crippen LogP contribution in [0.25, 0.3) is 5.76 Å². The third-order valence-electron chi connectivity index (χ3n) is 4.52. The summed E-state index contributed by atoms with van der Waals surface area (Å²) in [5, 5.41) is 22.7. The van der Waals surface area contributed by atoms with E-state index in [2.05, 4.69) is 5.32 Å². The topological polar surface area (TPSA) is 89.9 Å². The van der Waals surface area contributed by atoms with Crippen molar-refractivity contribution in [2.45, 2.75) is 6.04 Å². The number of nitrogens with one attached hydrogen (secondary N) is 1. The van der Waals surface area contributed by atoms with Crippen LogP contribution in [-0.4, -0.2) is 53.0 Å². The Morgan fingerprint density at radius 2 is 1.59 bits per heavy atom. The molecule has 1 heterocycles. The van der Waals surface area contributed by atoms with Gasteiger partial charge in [0.2, 0.25) is 0 Å². The molecule has 0 bridgehead atoms. The maximum atomic E-state index is 12.7. The molecule has 0 aromatic heterocycles. The van der Waals surface area contributed by atoms with Gasteiger partial charge in [-0.3, -0.25) is 9.59 Å². The number of aliphatic hydroxyl groups excluding tert-OH is 2. The molecule has 0 unspecified atom stereocenters. The van der Waals surface area contributed by atoms with E-state index in [9.17, 15) is 14.7 Å². The second-order valence-corrected chi connectivity index (χ2v) is 6.24. The van der Waals surface area contributed by atoms with E-state index in [0.717, 1.165) is 5.56 Å². The molecule has 0 spiro atoms. The minimum absolute atomic E-state index is 0.00502. The molecule has 6 nitrogen and oxygen atoms in total. The van der Waals surface area contributed by atoms with Crippen LogP contribution in [-0.2, 0) is 9.59 Å². The smallest absolute Gasteiger partial charge is 0.295 e. The van der Waals surface area contributed by atoms with Gasteiger partial charge in [-0.2, -0.15) is 0 Å². The molecule has 1 aliphatic rings. The number of aliphatic hydroxyl groups is 2. The molecule has 0 saturated carbocycles. The van der Waals surface area contributed by atoms with Crippen LogP contribution < -0.4 is 5.32 Å². The number of hydrogen-bond acceptors (Lipinski definition) is 5. The maximum absolute atomic E-state index is 12.7. The quantitative estimate of drug-likeness (QED) is 0.300. The van der Waals surface area contributed by atoms with Gasteiger partial charge in [-0.1, -0.05) is 60.7 Å². The number of ketones is 1. The van der Waals surface area contributed by atoms with E-state index in [1.54, 1.807) is 24.3 Å². The van der Waals surface area contributed by atoms with Gasteiger partial charge in [0.25, 0.3) is 11.7 Å². The molecule has 3 N–H and O–H groups in total. The molecule has 2 aromatic rings. The molecule has 0 radical (unpaired) electrons. The number of hydrogen-bond donors (Lipinski definition) is 3. The van der Waals surface area contributed by atoms with Gasteiger partial charge in [0.1, 0.15) is 5.76 Å². The summed E-state index contributed by atoms with van der Waals surface area (Å²) < 4.78 is 0. The van der Waals surface area contributed by atoms with E-state index in [1.807, 2.05) is 36.4 Å². The van der Waals surface area contributed by atoms with E-state index in [-0.39, 0.29) is 24.5 Å². The molecule has 3 rings (SSSR count). The number of likely N-dealkylation sites (tertiary alicyclic amines) is 1. The Balaban J connectivity index is 2.03. The van der Waals surface area contributed by atoms with Crippen molar-refractivity contribution >= 4 is 17.4 Å². The molecular weight excluding hydrogens is 344 g/mol. The molecular formula is C21H22N2O4. The molecule has 1 amide bonds. The zero-order valence-corrected chi connectivity index (χ0v) is 14.8. The first kappa shape index (κ1) is 18.8. The average Bonchev–Trinajstić information content (AvgIpc) is 2.97. The lowest BCUT2D eigenvalue weighted by atomic mass is 9.95. The molecule has 27 heavy (non-hydrogen) atoms. The predicted molar refractivity (Wildman–Crippen MR) is 102 cm³/mol. The van der Waals surface area contributed by atoms with Crippen LogP contribution in [0.2, 0.25) is 0 Å². The van der Waals surface area contributed by atoms with Gasteiger partial charge in [0.15, 0.2) is 0 Å². The molecule has 1 saturated heterocycles. The van der Waals surface area contributed by atoms with Crippen LogP contribution in [0.3, 0.4) is 0 Å². The van der Waals surface area contributed by atoms with Gasteiger partial charge in [-0.25, -0.2) is 0 Å². The Bertz CT molecular complexity index is 834. The molecule has 0 aliphatic carbocycles. The third kappa shape index (κ3) is 3.92. The molecule has 6 heteroatoms. The Kier molecular flexibility index (Phi) is 6.01. The third-order valence-corrected chi connectivity index (χ3v) is 4.52. The highest BCUT2D eigenvalue weighted by Crippen LogP contribution is 2.38. The van der Waals surface area contributed by atoms with Crippen LogP contribution in [0.4, 0.5) is 0 Å². The number of benzene rings is 2. The van der Waals surface area contributed by atoms with Crippen molar-refractivity contribution in [1.29, 1.82) is 0 Å². The summed E-state index contributed by atoms with van der Waals surface area (Å²) in [6.07, 6.45) is 0. The summed E-state index contributed by atoms with van der Waals surface area (Å²) in [5.74, 6) is -1.49. The van der Waals surface area contributed by atoms with Gasteiger partial charge >= 0.3 is 0 Å².